The minimum Gasteiger partial charge on any atom is -0.493 e. The van der Waals surface area contributed by atoms with Crippen LogP contribution in [0.3, 0.4) is 0 Å². The van der Waals surface area contributed by atoms with Crippen LogP contribution in [-0.2, 0) is 12.2 Å². The molecule has 1 aromatic carbocycles. The van der Waals surface area contributed by atoms with Crippen LogP contribution in [0.15, 0.2) is 30.5 Å². The monoisotopic (exact) mass is 269 g/mol. The zero-order valence-corrected chi connectivity index (χ0v) is 10.8. The zero-order chi connectivity index (χ0) is 12.1. The Hall–Kier alpha value is -1.07. The van der Waals surface area contributed by atoms with Gasteiger partial charge in [-0.2, -0.15) is 12.6 Å². The molecular weight excluding hydrogens is 257 g/mol. The van der Waals surface area contributed by atoms with Crippen molar-refractivity contribution in [2.75, 3.05) is 6.61 Å². The Morgan fingerprint density at radius 3 is 2.71 bits per heavy atom. The van der Waals surface area contributed by atoms with E-state index in [9.17, 15) is 4.39 Å². The van der Waals surface area contributed by atoms with E-state index in [0.717, 1.165) is 22.1 Å². The van der Waals surface area contributed by atoms with Gasteiger partial charge in [0.05, 0.1) is 11.6 Å². The molecule has 2 nitrogen and oxygen atoms in total. The van der Waals surface area contributed by atoms with Crippen molar-refractivity contribution in [1.29, 1.82) is 0 Å². The number of ether oxygens (including phenoxy) is 1. The molecule has 0 saturated carbocycles. The van der Waals surface area contributed by atoms with E-state index in [1.54, 1.807) is 23.5 Å². The number of hydrogen-bond donors (Lipinski definition) is 1. The maximum atomic E-state index is 12.6. The maximum Gasteiger partial charge on any atom is 0.123 e. The fourth-order valence-corrected chi connectivity index (χ4v) is 2.36. The number of thiol groups is 1. The summed E-state index contributed by atoms with van der Waals surface area (Å²) in [5.41, 5.74) is 0. The Morgan fingerprint density at radius 2 is 2.06 bits per heavy atom. The largest absolute Gasteiger partial charge is 0.493 e. The van der Waals surface area contributed by atoms with Gasteiger partial charge in [0.25, 0.3) is 0 Å². The first kappa shape index (κ1) is 12.4. The van der Waals surface area contributed by atoms with E-state index in [4.69, 9.17) is 4.74 Å². The highest BCUT2D eigenvalue weighted by molar-refractivity contribution is 7.79. The van der Waals surface area contributed by atoms with E-state index in [2.05, 4.69) is 17.6 Å². The van der Waals surface area contributed by atoms with Gasteiger partial charge >= 0.3 is 0 Å². The van der Waals surface area contributed by atoms with Crippen LogP contribution in [0, 0.1) is 5.82 Å². The molecule has 2 aromatic rings. The van der Waals surface area contributed by atoms with Crippen molar-refractivity contribution in [3.63, 3.8) is 0 Å². The smallest absolute Gasteiger partial charge is 0.123 e. The molecule has 90 valence electrons. The molecule has 5 heteroatoms. The van der Waals surface area contributed by atoms with Gasteiger partial charge in [0.15, 0.2) is 0 Å². The molecule has 0 spiro atoms. The molecule has 0 saturated heterocycles. The van der Waals surface area contributed by atoms with E-state index >= 15 is 0 Å². The van der Waals surface area contributed by atoms with Gasteiger partial charge in [-0.25, -0.2) is 9.37 Å². The van der Waals surface area contributed by atoms with Gasteiger partial charge in [0, 0.05) is 23.2 Å². The predicted molar refractivity (Wildman–Crippen MR) is 70.4 cm³/mol. The lowest BCUT2D eigenvalue weighted by Crippen LogP contribution is -2.00. The summed E-state index contributed by atoms with van der Waals surface area (Å²) in [6.45, 7) is 0.547. The summed E-state index contributed by atoms with van der Waals surface area (Å²) in [6, 6.07) is 6.02. The fourth-order valence-electron chi connectivity index (χ4n) is 1.32. The third kappa shape index (κ3) is 3.71. The van der Waals surface area contributed by atoms with Crippen molar-refractivity contribution in [3.8, 4) is 5.75 Å². The lowest BCUT2D eigenvalue weighted by molar-refractivity contribution is 0.321. The van der Waals surface area contributed by atoms with E-state index < -0.39 is 0 Å². The number of hydrogen-bond acceptors (Lipinski definition) is 4. The molecule has 0 aliphatic carbocycles. The molecule has 0 atom stereocenters. The molecule has 0 radical (unpaired) electrons. The summed E-state index contributed by atoms with van der Waals surface area (Å²) in [7, 11) is 0. The molecule has 1 aromatic heterocycles. The number of aromatic nitrogens is 1. The van der Waals surface area contributed by atoms with Crippen molar-refractivity contribution in [3.05, 3.63) is 46.2 Å². The maximum absolute atomic E-state index is 12.6. The van der Waals surface area contributed by atoms with Gasteiger partial charge in [-0.3, -0.25) is 0 Å². The molecule has 0 unspecified atom stereocenters. The van der Waals surface area contributed by atoms with Gasteiger partial charge in [-0.1, -0.05) is 0 Å². The van der Waals surface area contributed by atoms with Crippen LogP contribution in [0.25, 0.3) is 0 Å². The van der Waals surface area contributed by atoms with Crippen LogP contribution in [0.1, 0.15) is 9.88 Å². The van der Waals surface area contributed by atoms with E-state index in [1.165, 1.54) is 12.1 Å². The second kappa shape index (κ2) is 6.02. The van der Waals surface area contributed by atoms with Gasteiger partial charge in [-0.15, -0.1) is 11.3 Å². The molecule has 0 aliphatic rings. The highest BCUT2D eigenvalue weighted by atomic mass is 32.1. The Labute approximate surface area is 109 Å². The predicted octanol–water partition coefficient (Wildman–Crippen LogP) is 3.33. The molecule has 17 heavy (non-hydrogen) atoms. The summed E-state index contributed by atoms with van der Waals surface area (Å²) in [6.07, 6.45) is 2.60. The first-order chi connectivity index (χ1) is 8.28. The normalized spacial score (nSPS) is 10.5. The number of benzene rings is 1. The molecule has 2 rings (SSSR count). The van der Waals surface area contributed by atoms with Crippen molar-refractivity contribution in [2.24, 2.45) is 0 Å². The minimum atomic E-state index is -0.254. The molecule has 0 bridgehead atoms. The summed E-state index contributed by atoms with van der Waals surface area (Å²) < 4.78 is 18.1. The van der Waals surface area contributed by atoms with Crippen molar-refractivity contribution in [1.82, 2.24) is 4.98 Å². The van der Waals surface area contributed by atoms with Gasteiger partial charge in [0.1, 0.15) is 11.6 Å². The molecule has 0 amide bonds. The average molecular weight is 269 g/mol. The first-order valence-electron chi connectivity index (χ1n) is 5.21. The van der Waals surface area contributed by atoms with Crippen molar-refractivity contribution in [2.45, 2.75) is 12.2 Å². The first-order valence-corrected chi connectivity index (χ1v) is 6.65. The molecule has 1 heterocycles. The highest BCUT2D eigenvalue weighted by Crippen LogP contribution is 2.16. The van der Waals surface area contributed by atoms with Crippen LogP contribution in [-0.4, -0.2) is 11.6 Å². The zero-order valence-electron chi connectivity index (χ0n) is 9.10. The Morgan fingerprint density at radius 1 is 1.29 bits per heavy atom. The molecule has 0 fully saturated rings. The standard InChI is InChI=1S/C12H12FNOS2/c13-9-1-3-10(4-2-9)15-6-5-12-14-7-11(8-16)17-12/h1-4,7,16H,5-6,8H2. The number of nitrogens with zero attached hydrogens (tertiary/aromatic N) is 1. The highest BCUT2D eigenvalue weighted by Gasteiger charge is 2.01. The SMILES string of the molecule is Fc1ccc(OCCc2ncc(CS)s2)cc1. The van der Waals surface area contributed by atoms with Crippen LogP contribution < -0.4 is 4.74 Å². The number of thiazole rings is 1. The molecule has 0 N–H and O–H groups in total. The third-order valence-corrected chi connectivity index (χ3v) is 3.77. The third-order valence-electron chi connectivity index (χ3n) is 2.16. The fraction of sp³-hybridized carbons (Fsp3) is 0.250. The van der Waals surface area contributed by atoms with Gasteiger partial charge in [-0.05, 0) is 24.3 Å². The van der Waals surface area contributed by atoms with Crippen molar-refractivity contribution < 1.29 is 9.13 Å². The number of halogens is 1. The lowest BCUT2D eigenvalue weighted by Gasteiger charge is -2.04. The van der Waals surface area contributed by atoms with Gasteiger partial charge in [0.2, 0.25) is 0 Å². The van der Waals surface area contributed by atoms with E-state index in [-0.39, 0.29) is 5.82 Å². The van der Waals surface area contributed by atoms with Crippen LogP contribution in [0.5, 0.6) is 5.75 Å². The Balaban J connectivity index is 1.81. The van der Waals surface area contributed by atoms with Gasteiger partial charge < -0.3 is 4.74 Å². The van der Waals surface area contributed by atoms with E-state index in [0.29, 0.717) is 12.4 Å². The second-order valence-electron chi connectivity index (χ2n) is 3.43. The van der Waals surface area contributed by atoms with Crippen LogP contribution in [0.2, 0.25) is 0 Å². The van der Waals surface area contributed by atoms with E-state index in [1.807, 2.05) is 6.20 Å². The van der Waals surface area contributed by atoms with Crippen LogP contribution >= 0.6 is 24.0 Å². The lowest BCUT2D eigenvalue weighted by atomic mass is 10.3. The quantitative estimate of drug-likeness (QED) is 0.841. The Bertz CT molecular complexity index is 470. The summed E-state index contributed by atoms with van der Waals surface area (Å²) in [5.74, 6) is 1.14. The summed E-state index contributed by atoms with van der Waals surface area (Å²) in [4.78, 5) is 5.42. The average Bonchev–Trinajstić information content (AvgIpc) is 2.80. The topological polar surface area (TPSA) is 22.1 Å². The molecular formula is C12H12FNOS2. The minimum absolute atomic E-state index is 0.254. The Kier molecular flexibility index (Phi) is 4.39. The van der Waals surface area contributed by atoms with Crippen molar-refractivity contribution >= 4 is 24.0 Å². The number of rotatable bonds is 5. The summed E-state index contributed by atoms with van der Waals surface area (Å²) in [5, 5.41) is 1.04. The molecule has 0 aliphatic heterocycles. The summed E-state index contributed by atoms with van der Waals surface area (Å²) >= 11 is 5.83. The second-order valence-corrected chi connectivity index (χ2v) is 4.95. The van der Waals surface area contributed by atoms with Crippen LogP contribution in [0.4, 0.5) is 4.39 Å².